The van der Waals surface area contributed by atoms with Crippen LogP contribution in [0.15, 0.2) is 12.3 Å². The smallest absolute Gasteiger partial charge is 0.222 e. The second-order valence-corrected chi connectivity index (χ2v) is 4.16. The summed E-state index contributed by atoms with van der Waals surface area (Å²) in [5.41, 5.74) is 0.961. The molecule has 1 aliphatic heterocycles. The van der Waals surface area contributed by atoms with E-state index in [1.54, 1.807) is 6.20 Å². The average molecular weight is 237 g/mol. The molecule has 0 aliphatic carbocycles. The van der Waals surface area contributed by atoms with Crippen molar-refractivity contribution in [2.75, 3.05) is 31.7 Å². The standard InChI is InChI=1S/C12H19N3O2/c1-10-4-5-13-12(15-10)14-6-8-16-9-11-3-2-7-17-11/h4-5,11H,2-3,6-9H2,1H3,(H,13,14,15). The van der Waals surface area contributed by atoms with Gasteiger partial charge >= 0.3 is 0 Å². The number of ether oxygens (including phenoxy) is 2. The van der Waals surface area contributed by atoms with Crippen molar-refractivity contribution in [2.24, 2.45) is 0 Å². The molecule has 0 saturated carbocycles. The van der Waals surface area contributed by atoms with E-state index in [1.165, 1.54) is 0 Å². The SMILES string of the molecule is Cc1ccnc(NCCOCC2CCCO2)n1. The van der Waals surface area contributed by atoms with E-state index in [0.29, 0.717) is 25.3 Å². The summed E-state index contributed by atoms with van der Waals surface area (Å²) in [6, 6.07) is 1.87. The number of nitrogens with zero attached hydrogens (tertiary/aromatic N) is 2. The van der Waals surface area contributed by atoms with Crippen molar-refractivity contribution in [3.8, 4) is 0 Å². The highest BCUT2D eigenvalue weighted by Gasteiger charge is 2.14. The van der Waals surface area contributed by atoms with Gasteiger partial charge < -0.3 is 14.8 Å². The van der Waals surface area contributed by atoms with E-state index in [9.17, 15) is 0 Å². The summed E-state index contributed by atoms with van der Waals surface area (Å²) in [7, 11) is 0. The van der Waals surface area contributed by atoms with Crippen LogP contribution in [0.4, 0.5) is 5.95 Å². The molecule has 2 rings (SSSR count). The maximum Gasteiger partial charge on any atom is 0.222 e. The number of aromatic nitrogens is 2. The molecule has 1 N–H and O–H groups in total. The highest BCUT2D eigenvalue weighted by Crippen LogP contribution is 2.11. The Bertz CT molecular complexity index is 340. The molecule has 1 fully saturated rings. The Morgan fingerprint density at radius 1 is 1.59 bits per heavy atom. The lowest BCUT2D eigenvalue weighted by Gasteiger charge is -2.10. The van der Waals surface area contributed by atoms with Crippen molar-refractivity contribution in [3.63, 3.8) is 0 Å². The Morgan fingerprint density at radius 2 is 2.53 bits per heavy atom. The fraction of sp³-hybridized carbons (Fsp3) is 0.667. The van der Waals surface area contributed by atoms with Crippen molar-refractivity contribution in [2.45, 2.75) is 25.9 Å². The lowest BCUT2D eigenvalue weighted by molar-refractivity contribution is 0.0206. The summed E-state index contributed by atoms with van der Waals surface area (Å²) in [5, 5.41) is 3.12. The molecule has 94 valence electrons. The summed E-state index contributed by atoms with van der Waals surface area (Å²) in [4.78, 5) is 8.36. The largest absolute Gasteiger partial charge is 0.377 e. The lowest BCUT2D eigenvalue weighted by Crippen LogP contribution is -2.18. The summed E-state index contributed by atoms with van der Waals surface area (Å²) < 4.78 is 11.0. The maximum absolute atomic E-state index is 5.53. The van der Waals surface area contributed by atoms with Gasteiger partial charge in [-0.2, -0.15) is 0 Å². The molecule has 5 heteroatoms. The average Bonchev–Trinajstić information content (AvgIpc) is 2.82. The number of hydrogen-bond acceptors (Lipinski definition) is 5. The van der Waals surface area contributed by atoms with Crippen LogP contribution in [0.3, 0.4) is 0 Å². The van der Waals surface area contributed by atoms with Gasteiger partial charge in [0.05, 0.1) is 19.3 Å². The van der Waals surface area contributed by atoms with Crippen molar-refractivity contribution >= 4 is 5.95 Å². The first kappa shape index (κ1) is 12.3. The zero-order valence-electron chi connectivity index (χ0n) is 10.2. The Balaban J connectivity index is 1.56. The number of aryl methyl sites for hydroxylation is 1. The molecule has 1 unspecified atom stereocenters. The van der Waals surface area contributed by atoms with Crippen LogP contribution in [0.25, 0.3) is 0 Å². The maximum atomic E-state index is 5.53. The van der Waals surface area contributed by atoms with E-state index in [2.05, 4.69) is 15.3 Å². The first-order chi connectivity index (χ1) is 8.34. The fourth-order valence-corrected chi connectivity index (χ4v) is 1.76. The normalized spacial score (nSPS) is 19.5. The molecule has 0 amide bonds. The first-order valence-electron chi connectivity index (χ1n) is 6.07. The van der Waals surface area contributed by atoms with E-state index in [0.717, 1.165) is 31.7 Å². The predicted molar refractivity (Wildman–Crippen MR) is 65.1 cm³/mol. The van der Waals surface area contributed by atoms with Crippen molar-refractivity contribution < 1.29 is 9.47 Å². The van der Waals surface area contributed by atoms with Crippen LogP contribution < -0.4 is 5.32 Å². The van der Waals surface area contributed by atoms with Gasteiger partial charge in [0.2, 0.25) is 5.95 Å². The van der Waals surface area contributed by atoms with Crippen LogP contribution >= 0.6 is 0 Å². The molecule has 2 heterocycles. The molecule has 1 atom stereocenters. The van der Waals surface area contributed by atoms with E-state index in [-0.39, 0.29) is 0 Å². The van der Waals surface area contributed by atoms with Gasteiger partial charge in [0.15, 0.2) is 0 Å². The Labute approximate surface area is 102 Å². The van der Waals surface area contributed by atoms with Gasteiger partial charge in [0.1, 0.15) is 0 Å². The summed E-state index contributed by atoms with van der Waals surface area (Å²) >= 11 is 0. The molecular weight excluding hydrogens is 218 g/mol. The second-order valence-electron chi connectivity index (χ2n) is 4.16. The van der Waals surface area contributed by atoms with Gasteiger partial charge in [-0.1, -0.05) is 0 Å². The first-order valence-corrected chi connectivity index (χ1v) is 6.07. The Kier molecular flexibility index (Phi) is 4.70. The fourth-order valence-electron chi connectivity index (χ4n) is 1.76. The lowest BCUT2D eigenvalue weighted by atomic mass is 10.2. The molecule has 1 aromatic rings. The number of anilines is 1. The van der Waals surface area contributed by atoms with Crippen LogP contribution in [0.2, 0.25) is 0 Å². The quantitative estimate of drug-likeness (QED) is 0.758. The third kappa shape index (κ3) is 4.28. The molecular formula is C12H19N3O2. The minimum Gasteiger partial charge on any atom is -0.377 e. The highest BCUT2D eigenvalue weighted by molar-refractivity contribution is 5.24. The molecule has 0 bridgehead atoms. The minimum atomic E-state index is 0.296. The minimum absolute atomic E-state index is 0.296. The van der Waals surface area contributed by atoms with E-state index in [1.807, 2.05) is 13.0 Å². The summed E-state index contributed by atoms with van der Waals surface area (Å²) in [6.45, 7) is 4.88. The second kappa shape index (κ2) is 6.51. The number of hydrogen-bond donors (Lipinski definition) is 1. The zero-order valence-corrected chi connectivity index (χ0v) is 10.2. The van der Waals surface area contributed by atoms with Crippen LogP contribution in [-0.4, -0.2) is 42.4 Å². The Morgan fingerprint density at radius 3 is 3.29 bits per heavy atom. The molecule has 5 nitrogen and oxygen atoms in total. The molecule has 17 heavy (non-hydrogen) atoms. The van der Waals surface area contributed by atoms with Crippen molar-refractivity contribution in [1.29, 1.82) is 0 Å². The third-order valence-corrected chi connectivity index (χ3v) is 2.65. The molecule has 1 aromatic heterocycles. The predicted octanol–water partition coefficient (Wildman–Crippen LogP) is 1.39. The van der Waals surface area contributed by atoms with Crippen LogP contribution in [-0.2, 0) is 9.47 Å². The number of rotatable bonds is 6. The number of nitrogens with one attached hydrogen (secondary N) is 1. The van der Waals surface area contributed by atoms with Crippen molar-refractivity contribution in [1.82, 2.24) is 9.97 Å². The Hall–Kier alpha value is -1.20. The van der Waals surface area contributed by atoms with Crippen LogP contribution in [0, 0.1) is 6.92 Å². The van der Waals surface area contributed by atoms with E-state index >= 15 is 0 Å². The molecule has 0 spiro atoms. The van der Waals surface area contributed by atoms with Gasteiger partial charge in [-0.25, -0.2) is 9.97 Å². The van der Waals surface area contributed by atoms with Gasteiger partial charge in [-0.3, -0.25) is 0 Å². The van der Waals surface area contributed by atoms with Crippen molar-refractivity contribution in [3.05, 3.63) is 18.0 Å². The van der Waals surface area contributed by atoms with Gasteiger partial charge in [0, 0.05) is 25.0 Å². The zero-order chi connectivity index (χ0) is 11.9. The molecule has 0 aromatic carbocycles. The van der Waals surface area contributed by atoms with Gasteiger partial charge in [-0.05, 0) is 25.8 Å². The van der Waals surface area contributed by atoms with Gasteiger partial charge in [-0.15, -0.1) is 0 Å². The van der Waals surface area contributed by atoms with E-state index in [4.69, 9.17) is 9.47 Å². The van der Waals surface area contributed by atoms with E-state index < -0.39 is 0 Å². The molecule has 1 saturated heterocycles. The van der Waals surface area contributed by atoms with Crippen LogP contribution in [0.5, 0.6) is 0 Å². The summed E-state index contributed by atoms with van der Waals surface area (Å²) in [5.74, 6) is 0.658. The summed E-state index contributed by atoms with van der Waals surface area (Å²) in [6.07, 6.45) is 4.32. The van der Waals surface area contributed by atoms with Crippen LogP contribution in [0.1, 0.15) is 18.5 Å². The molecule has 1 aliphatic rings. The molecule has 0 radical (unpaired) electrons. The third-order valence-electron chi connectivity index (χ3n) is 2.65. The highest BCUT2D eigenvalue weighted by atomic mass is 16.5. The monoisotopic (exact) mass is 237 g/mol. The topological polar surface area (TPSA) is 56.3 Å². The van der Waals surface area contributed by atoms with Gasteiger partial charge in [0.25, 0.3) is 0 Å².